The molecule has 3 aromatic rings. The van der Waals surface area contributed by atoms with Crippen molar-refractivity contribution in [2.75, 3.05) is 0 Å². The molecule has 1 atom stereocenters. The fourth-order valence-electron chi connectivity index (χ4n) is 5.60. The number of carbonyl (C=O) groups excluding carboxylic acids is 2. The third kappa shape index (κ3) is 5.65. The van der Waals surface area contributed by atoms with Gasteiger partial charge in [0.2, 0.25) is 18.2 Å². The van der Waals surface area contributed by atoms with Gasteiger partial charge < -0.3 is 14.4 Å². The monoisotopic (exact) mass is 562 g/mol. The van der Waals surface area contributed by atoms with E-state index in [1.807, 2.05) is 46.8 Å². The standard InChI is InChI=1S/C34H43O5P/c1-10-34(9,11-2)39-20-29-24(6)28(19-35)25(7)31(26(29)8)33(37)40(38,27-15-13-12-14-16-27)32(36)30-22(4)17-21(3)18-23(30)5/h12-18,35H,10-11,19-20H2,1-9H3. The number of aliphatic hydroxyl groups excluding tert-OH is 1. The molecule has 0 spiro atoms. The molecule has 0 bridgehead atoms. The Bertz CT molecular complexity index is 1460. The van der Waals surface area contributed by atoms with Crippen molar-refractivity contribution < 1.29 is 24.0 Å². The topological polar surface area (TPSA) is 80.7 Å². The second-order valence-electron chi connectivity index (χ2n) is 11.1. The van der Waals surface area contributed by atoms with Gasteiger partial charge in [-0.25, -0.2) is 0 Å². The lowest BCUT2D eigenvalue weighted by molar-refractivity contribution is -0.0486. The van der Waals surface area contributed by atoms with Gasteiger partial charge in [-0.3, -0.25) is 9.59 Å². The van der Waals surface area contributed by atoms with Crippen LogP contribution in [0.2, 0.25) is 0 Å². The lowest BCUT2D eigenvalue weighted by atomic mass is 9.89. The molecule has 1 unspecified atom stereocenters. The Hall–Kier alpha value is -2.85. The number of ether oxygens (including phenoxy) is 1. The van der Waals surface area contributed by atoms with Crippen LogP contribution < -0.4 is 5.30 Å². The van der Waals surface area contributed by atoms with Crippen LogP contribution in [0.4, 0.5) is 0 Å². The van der Waals surface area contributed by atoms with E-state index in [-0.39, 0.29) is 29.7 Å². The Morgan fingerprint density at radius 2 is 1.30 bits per heavy atom. The SMILES string of the molecule is CCC(C)(CC)OCc1c(C)c(CO)c(C)c(C(=O)P(=O)(C(=O)c2c(C)cc(C)cc2C)c2ccccc2)c1C. The summed E-state index contributed by atoms with van der Waals surface area (Å²) in [5, 5.41) is 10.6. The van der Waals surface area contributed by atoms with Crippen LogP contribution in [0.3, 0.4) is 0 Å². The number of rotatable bonds is 11. The molecule has 0 saturated carbocycles. The molecule has 3 aromatic carbocycles. The molecular weight excluding hydrogens is 519 g/mol. The predicted octanol–water partition coefficient (Wildman–Crippen LogP) is 7.79. The molecule has 0 fully saturated rings. The van der Waals surface area contributed by atoms with E-state index in [9.17, 15) is 14.7 Å². The average molecular weight is 563 g/mol. The maximum atomic E-state index is 15.1. The summed E-state index contributed by atoms with van der Waals surface area (Å²) in [4.78, 5) is 29.0. The molecule has 1 N–H and O–H groups in total. The largest absolute Gasteiger partial charge is 0.392 e. The molecule has 3 rings (SSSR count). The van der Waals surface area contributed by atoms with Crippen molar-refractivity contribution in [3.05, 3.63) is 98.1 Å². The Morgan fingerprint density at radius 3 is 1.80 bits per heavy atom. The lowest BCUT2D eigenvalue weighted by Gasteiger charge is -2.29. The maximum Gasteiger partial charge on any atom is 0.248 e. The fourth-order valence-corrected chi connectivity index (χ4v) is 8.16. The van der Waals surface area contributed by atoms with Crippen LogP contribution >= 0.6 is 7.14 Å². The number of benzene rings is 3. The van der Waals surface area contributed by atoms with E-state index in [0.29, 0.717) is 33.4 Å². The van der Waals surface area contributed by atoms with Gasteiger partial charge in [-0.05, 0) is 100 Å². The first kappa shape index (κ1) is 31.7. The second-order valence-corrected chi connectivity index (χ2v) is 13.7. The van der Waals surface area contributed by atoms with Crippen LogP contribution in [0.15, 0.2) is 42.5 Å². The van der Waals surface area contributed by atoms with Crippen molar-refractivity contribution in [3.63, 3.8) is 0 Å². The summed E-state index contributed by atoms with van der Waals surface area (Å²) in [6, 6.07) is 12.1. The van der Waals surface area contributed by atoms with Crippen molar-refractivity contribution in [3.8, 4) is 0 Å². The molecule has 0 aliphatic heterocycles. The molecule has 0 aliphatic rings. The lowest BCUT2D eigenvalue weighted by Crippen LogP contribution is -2.27. The van der Waals surface area contributed by atoms with Crippen molar-refractivity contribution >= 4 is 23.5 Å². The average Bonchev–Trinajstić information content (AvgIpc) is 2.92. The minimum atomic E-state index is -4.35. The van der Waals surface area contributed by atoms with Gasteiger partial charge in [-0.15, -0.1) is 0 Å². The summed E-state index contributed by atoms with van der Waals surface area (Å²) in [7, 11) is -4.35. The van der Waals surface area contributed by atoms with Crippen LogP contribution in [0, 0.1) is 41.5 Å². The molecule has 0 aliphatic carbocycles. The van der Waals surface area contributed by atoms with E-state index in [0.717, 1.165) is 29.5 Å². The number of hydrogen-bond acceptors (Lipinski definition) is 5. The molecule has 40 heavy (non-hydrogen) atoms. The third-order valence-electron chi connectivity index (χ3n) is 8.58. The first-order chi connectivity index (χ1) is 18.8. The zero-order chi connectivity index (χ0) is 30.0. The normalized spacial score (nSPS) is 13.2. The Balaban J connectivity index is 2.32. The summed E-state index contributed by atoms with van der Waals surface area (Å²) in [5.41, 5.74) is 4.59. The first-order valence-corrected chi connectivity index (χ1v) is 15.7. The maximum absolute atomic E-state index is 15.1. The van der Waals surface area contributed by atoms with Crippen molar-refractivity contribution in [1.82, 2.24) is 0 Å². The molecule has 214 valence electrons. The summed E-state index contributed by atoms with van der Waals surface area (Å²) in [6.07, 6.45) is 1.64. The summed E-state index contributed by atoms with van der Waals surface area (Å²) >= 11 is 0. The van der Waals surface area contributed by atoms with E-state index in [2.05, 4.69) is 20.8 Å². The Morgan fingerprint density at radius 1 is 0.800 bits per heavy atom. The van der Waals surface area contributed by atoms with Crippen molar-refractivity contribution in [2.24, 2.45) is 0 Å². The highest BCUT2D eigenvalue weighted by Gasteiger charge is 2.45. The van der Waals surface area contributed by atoms with Gasteiger partial charge in [0.25, 0.3) is 0 Å². The van der Waals surface area contributed by atoms with Gasteiger partial charge in [-0.1, -0.05) is 61.9 Å². The third-order valence-corrected chi connectivity index (χ3v) is 11.2. The second kappa shape index (κ2) is 12.3. The molecule has 0 saturated heterocycles. The quantitative estimate of drug-likeness (QED) is 0.241. The predicted molar refractivity (Wildman–Crippen MR) is 163 cm³/mol. The van der Waals surface area contributed by atoms with Gasteiger partial charge in [0.15, 0.2) is 0 Å². The molecule has 0 amide bonds. The van der Waals surface area contributed by atoms with Gasteiger partial charge in [0.1, 0.15) is 0 Å². The van der Waals surface area contributed by atoms with Crippen LogP contribution in [0.25, 0.3) is 0 Å². The number of aliphatic hydroxyl groups is 1. The van der Waals surface area contributed by atoms with Gasteiger partial charge in [-0.2, -0.15) is 0 Å². The highest BCUT2D eigenvalue weighted by atomic mass is 31.2. The zero-order valence-electron chi connectivity index (χ0n) is 25.4. The number of carbonyl (C=O) groups is 2. The van der Waals surface area contributed by atoms with E-state index in [4.69, 9.17) is 4.74 Å². The summed E-state index contributed by atoms with van der Waals surface area (Å²) in [5.74, 6) is 0. The molecule has 0 radical (unpaired) electrons. The van der Waals surface area contributed by atoms with Crippen LogP contribution in [0.5, 0.6) is 0 Å². The summed E-state index contributed by atoms with van der Waals surface area (Å²) < 4.78 is 21.5. The Labute approximate surface area is 239 Å². The van der Waals surface area contributed by atoms with E-state index < -0.39 is 18.2 Å². The first-order valence-electron chi connectivity index (χ1n) is 14.0. The molecule has 6 heteroatoms. The van der Waals surface area contributed by atoms with Crippen LogP contribution in [-0.2, 0) is 22.5 Å². The van der Waals surface area contributed by atoms with E-state index in [1.165, 1.54) is 0 Å². The zero-order valence-corrected chi connectivity index (χ0v) is 26.3. The van der Waals surface area contributed by atoms with E-state index in [1.54, 1.807) is 37.3 Å². The van der Waals surface area contributed by atoms with Crippen molar-refractivity contribution in [2.45, 2.75) is 94.0 Å². The van der Waals surface area contributed by atoms with Gasteiger partial charge in [0.05, 0.1) is 18.8 Å². The highest BCUT2D eigenvalue weighted by molar-refractivity contribution is 8.01. The Kier molecular flexibility index (Phi) is 9.78. The van der Waals surface area contributed by atoms with Crippen LogP contribution in [0.1, 0.15) is 98.8 Å². The van der Waals surface area contributed by atoms with Gasteiger partial charge >= 0.3 is 0 Å². The number of aryl methyl sites for hydroxylation is 3. The minimum Gasteiger partial charge on any atom is -0.392 e. The summed E-state index contributed by atoms with van der Waals surface area (Å²) in [6.45, 7) is 17.2. The molecule has 0 heterocycles. The number of hydrogen-bond donors (Lipinski definition) is 1. The highest BCUT2D eigenvalue weighted by Crippen LogP contribution is 2.53. The smallest absolute Gasteiger partial charge is 0.248 e. The van der Waals surface area contributed by atoms with Crippen LogP contribution in [-0.4, -0.2) is 21.8 Å². The fraction of sp³-hybridized carbons (Fsp3) is 0.412. The van der Waals surface area contributed by atoms with E-state index >= 15 is 4.57 Å². The van der Waals surface area contributed by atoms with Crippen molar-refractivity contribution in [1.29, 1.82) is 0 Å². The molecule has 5 nitrogen and oxygen atoms in total. The molecule has 0 aromatic heterocycles. The minimum absolute atomic E-state index is 0.205. The molecular formula is C34H43O5P. The van der Waals surface area contributed by atoms with Gasteiger partial charge in [0, 0.05) is 16.4 Å².